The van der Waals surface area contributed by atoms with E-state index < -0.39 is 10.8 Å². The van der Waals surface area contributed by atoms with Gasteiger partial charge in [0.05, 0.1) is 4.92 Å². The number of benzene rings is 2. The summed E-state index contributed by atoms with van der Waals surface area (Å²) in [5.41, 5.74) is 0.790. The Morgan fingerprint density at radius 2 is 1.87 bits per heavy atom. The lowest BCUT2D eigenvalue weighted by molar-refractivity contribution is -0.384. The van der Waals surface area contributed by atoms with Crippen LogP contribution < -0.4 is 10.2 Å². The van der Waals surface area contributed by atoms with Crippen LogP contribution in [0, 0.1) is 27.3 Å². The zero-order chi connectivity index (χ0) is 21.7. The highest BCUT2D eigenvalue weighted by atomic mass is 35.5. The first-order valence-electron chi connectivity index (χ1n) is 8.99. The molecule has 0 radical (unpaired) electrons. The van der Waals surface area contributed by atoms with Crippen molar-refractivity contribution in [3.63, 3.8) is 0 Å². The topological polar surface area (TPSA) is 103 Å². The molecule has 1 heterocycles. The summed E-state index contributed by atoms with van der Waals surface area (Å²) in [4.78, 5) is 26.6. The number of amides is 1. The van der Waals surface area contributed by atoms with E-state index in [1.54, 1.807) is 17.0 Å². The number of nitrogens with one attached hydrogen (secondary N) is 1. The maximum atomic E-state index is 13.1. The van der Waals surface area contributed by atoms with Crippen LogP contribution in [0.3, 0.4) is 0 Å². The van der Waals surface area contributed by atoms with Crippen LogP contribution in [-0.2, 0) is 4.79 Å². The van der Waals surface area contributed by atoms with Crippen LogP contribution in [0.4, 0.5) is 21.5 Å². The molecule has 0 aromatic heterocycles. The number of halogens is 2. The standard InChI is InChI=1S/C20H17ClFN5O3/c21-18-6-3-16(11-19(18)27(29)30)24-13-14(12-23)20(28)26-9-7-25(8-10-26)17-4-1-15(22)2-5-17/h1-6,11,13,24H,7-10H2/b14-13-. The maximum Gasteiger partial charge on any atom is 0.289 e. The summed E-state index contributed by atoms with van der Waals surface area (Å²) in [5.74, 6) is -0.748. The SMILES string of the molecule is N#C/C(=C/Nc1ccc(Cl)c([N+](=O)[O-])c1)C(=O)N1CCN(c2ccc(F)cc2)CC1. The minimum Gasteiger partial charge on any atom is -0.368 e. The average molecular weight is 430 g/mol. The Morgan fingerprint density at radius 3 is 2.47 bits per heavy atom. The van der Waals surface area contributed by atoms with E-state index in [-0.39, 0.29) is 22.1 Å². The van der Waals surface area contributed by atoms with E-state index >= 15 is 0 Å². The first-order valence-corrected chi connectivity index (χ1v) is 9.37. The Bertz CT molecular complexity index is 1030. The molecule has 30 heavy (non-hydrogen) atoms. The summed E-state index contributed by atoms with van der Waals surface area (Å²) in [7, 11) is 0. The van der Waals surface area contributed by atoms with E-state index in [1.807, 2.05) is 11.0 Å². The molecule has 0 spiro atoms. The van der Waals surface area contributed by atoms with Gasteiger partial charge in [0.15, 0.2) is 0 Å². The van der Waals surface area contributed by atoms with E-state index in [9.17, 15) is 24.6 Å². The quantitative estimate of drug-likeness (QED) is 0.337. The molecule has 0 unspecified atom stereocenters. The molecule has 154 valence electrons. The van der Waals surface area contributed by atoms with Gasteiger partial charge in [0.2, 0.25) is 0 Å². The number of nitriles is 1. The fourth-order valence-electron chi connectivity index (χ4n) is 3.03. The molecule has 0 bridgehead atoms. The average Bonchev–Trinajstić information content (AvgIpc) is 2.75. The van der Waals surface area contributed by atoms with Gasteiger partial charge in [-0.15, -0.1) is 0 Å². The molecule has 1 saturated heterocycles. The Balaban J connectivity index is 1.64. The van der Waals surface area contributed by atoms with E-state index in [0.717, 1.165) is 5.69 Å². The van der Waals surface area contributed by atoms with Crippen LogP contribution in [-0.4, -0.2) is 41.9 Å². The van der Waals surface area contributed by atoms with Gasteiger partial charge in [0.1, 0.15) is 22.5 Å². The number of nitrogens with zero attached hydrogens (tertiary/aromatic N) is 4. The van der Waals surface area contributed by atoms with Crippen molar-refractivity contribution >= 4 is 34.6 Å². The summed E-state index contributed by atoms with van der Waals surface area (Å²) in [5, 5.41) is 23.1. The lowest BCUT2D eigenvalue weighted by Gasteiger charge is -2.36. The third kappa shape index (κ3) is 4.85. The Hall–Kier alpha value is -3.64. The van der Waals surface area contributed by atoms with Crippen LogP contribution >= 0.6 is 11.6 Å². The molecule has 8 nitrogen and oxygen atoms in total. The first kappa shape index (κ1) is 21.1. The van der Waals surface area contributed by atoms with E-state index in [0.29, 0.717) is 31.9 Å². The highest BCUT2D eigenvalue weighted by Gasteiger charge is 2.24. The molecule has 1 N–H and O–H groups in total. The van der Waals surface area contributed by atoms with E-state index in [2.05, 4.69) is 5.32 Å². The Kier molecular flexibility index (Phi) is 6.49. The fourth-order valence-corrected chi connectivity index (χ4v) is 3.22. The molecule has 10 heteroatoms. The normalized spacial score (nSPS) is 14.2. The van der Waals surface area contributed by atoms with Gasteiger partial charge in [-0.05, 0) is 36.4 Å². The number of nitro benzene ring substituents is 1. The van der Waals surface area contributed by atoms with Gasteiger partial charge < -0.3 is 15.1 Å². The van der Waals surface area contributed by atoms with Crippen molar-refractivity contribution in [3.05, 3.63) is 75.2 Å². The summed E-state index contributed by atoms with van der Waals surface area (Å²) >= 11 is 5.78. The highest BCUT2D eigenvalue weighted by molar-refractivity contribution is 6.32. The molecule has 0 atom stereocenters. The summed E-state index contributed by atoms with van der Waals surface area (Å²) in [6, 6.07) is 12.1. The Morgan fingerprint density at radius 1 is 1.20 bits per heavy atom. The van der Waals surface area contributed by atoms with Crippen molar-refractivity contribution in [1.29, 1.82) is 5.26 Å². The van der Waals surface area contributed by atoms with Crippen molar-refractivity contribution in [2.24, 2.45) is 0 Å². The summed E-state index contributed by atoms with van der Waals surface area (Å²) in [6.07, 6.45) is 1.22. The Labute approximate surface area is 176 Å². The lowest BCUT2D eigenvalue weighted by atomic mass is 10.2. The number of anilines is 2. The zero-order valence-corrected chi connectivity index (χ0v) is 16.5. The first-order chi connectivity index (χ1) is 14.4. The molecule has 2 aromatic carbocycles. The number of hydrogen-bond acceptors (Lipinski definition) is 6. The number of piperazine rings is 1. The van der Waals surface area contributed by atoms with Gasteiger partial charge in [0, 0.05) is 49.8 Å². The predicted molar refractivity (Wildman–Crippen MR) is 111 cm³/mol. The van der Waals surface area contributed by atoms with Crippen LogP contribution in [0.5, 0.6) is 0 Å². The molecule has 2 aromatic rings. The number of nitro groups is 1. The predicted octanol–water partition coefficient (Wildman–Crippen LogP) is 3.56. The van der Waals surface area contributed by atoms with E-state index in [1.165, 1.54) is 36.5 Å². The molecule has 1 amide bonds. The zero-order valence-electron chi connectivity index (χ0n) is 15.7. The van der Waals surface area contributed by atoms with Gasteiger partial charge in [-0.25, -0.2) is 4.39 Å². The van der Waals surface area contributed by atoms with Crippen molar-refractivity contribution in [2.75, 3.05) is 36.4 Å². The largest absolute Gasteiger partial charge is 0.368 e. The maximum absolute atomic E-state index is 13.1. The highest BCUT2D eigenvalue weighted by Crippen LogP contribution is 2.27. The van der Waals surface area contributed by atoms with Gasteiger partial charge in [-0.2, -0.15) is 5.26 Å². The second-order valence-electron chi connectivity index (χ2n) is 6.49. The molecular weight excluding hydrogens is 413 g/mol. The van der Waals surface area contributed by atoms with Gasteiger partial charge in [-0.1, -0.05) is 11.6 Å². The second-order valence-corrected chi connectivity index (χ2v) is 6.90. The van der Waals surface area contributed by atoms with Crippen LogP contribution in [0.2, 0.25) is 5.02 Å². The molecule has 3 rings (SSSR count). The lowest BCUT2D eigenvalue weighted by Crippen LogP contribution is -2.49. The monoisotopic (exact) mass is 429 g/mol. The fraction of sp³-hybridized carbons (Fsp3) is 0.200. The summed E-state index contributed by atoms with van der Waals surface area (Å²) < 4.78 is 13.1. The minimum atomic E-state index is -0.617. The third-order valence-corrected chi connectivity index (χ3v) is 4.96. The van der Waals surface area contributed by atoms with E-state index in [4.69, 9.17) is 11.6 Å². The van der Waals surface area contributed by atoms with Crippen molar-refractivity contribution in [1.82, 2.24) is 4.90 Å². The molecule has 0 aliphatic carbocycles. The summed E-state index contributed by atoms with van der Waals surface area (Å²) in [6.45, 7) is 1.91. The molecule has 1 aliphatic rings. The molecule has 1 aliphatic heterocycles. The molecular formula is C20H17ClFN5O3. The third-order valence-electron chi connectivity index (χ3n) is 4.64. The number of hydrogen-bond donors (Lipinski definition) is 1. The second kappa shape index (κ2) is 9.24. The minimum absolute atomic E-state index is 0.00913. The smallest absolute Gasteiger partial charge is 0.289 e. The van der Waals surface area contributed by atoms with Gasteiger partial charge in [-0.3, -0.25) is 14.9 Å². The van der Waals surface area contributed by atoms with Gasteiger partial charge in [0.25, 0.3) is 11.6 Å². The van der Waals surface area contributed by atoms with Gasteiger partial charge >= 0.3 is 0 Å². The van der Waals surface area contributed by atoms with Crippen molar-refractivity contribution in [3.8, 4) is 6.07 Å². The van der Waals surface area contributed by atoms with Crippen LogP contribution in [0.25, 0.3) is 0 Å². The van der Waals surface area contributed by atoms with Crippen molar-refractivity contribution < 1.29 is 14.1 Å². The van der Waals surface area contributed by atoms with Crippen LogP contribution in [0.15, 0.2) is 54.2 Å². The van der Waals surface area contributed by atoms with Crippen molar-refractivity contribution in [2.45, 2.75) is 0 Å². The number of rotatable bonds is 5. The number of carbonyl (C=O) groups excluding carboxylic acids is 1. The molecule has 0 saturated carbocycles. The number of carbonyl (C=O) groups is 1. The molecule has 1 fully saturated rings. The van der Waals surface area contributed by atoms with Crippen LogP contribution in [0.1, 0.15) is 0 Å².